The van der Waals surface area contributed by atoms with E-state index in [1.165, 1.54) is 6.07 Å². The molecule has 102 valence electrons. The molecule has 18 heavy (non-hydrogen) atoms. The van der Waals surface area contributed by atoms with Gasteiger partial charge < -0.3 is 5.32 Å². The van der Waals surface area contributed by atoms with Gasteiger partial charge >= 0.3 is 0 Å². The summed E-state index contributed by atoms with van der Waals surface area (Å²) in [5, 5.41) is 3.64. The van der Waals surface area contributed by atoms with Crippen LogP contribution in [-0.4, -0.2) is 37.9 Å². The summed E-state index contributed by atoms with van der Waals surface area (Å²) in [6, 6.07) is 1.50. The van der Waals surface area contributed by atoms with Gasteiger partial charge in [-0.25, -0.2) is 8.42 Å². The van der Waals surface area contributed by atoms with Crippen LogP contribution < -0.4 is 5.32 Å². The van der Waals surface area contributed by atoms with Crippen molar-refractivity contribution >= 4 is 48.9 Å². The van der Waals surface area contributed by atoms with Gasteiger partial charge in [0.2, 0.25) is 0 Å². The Kier molecular flexibility index (Phi) is 4.12. The van der Waals surface area contributed by atoms with Crippen LogP contribution in [-0.2, 0) is 10.0 Å². The standard InChI is InChI=1S/C10H14BrClN2O2S2/c1-10(2)6-13-3-4-14(10)18(15,16)8-5-7(12)9(11)17-8/h5,13H,3-4,6H2,1-2H3. The number of piperazine rings is 1. The number of nitrogens with one attached hydrogen (secondary N) is 1. The van der Waals surface area contributed by atoms with E-state index in [-0.39, 0.29) is 4.21 Å². The van der Waals surface area contributed by atoms with E-state index in [9.17, 15) is 8.42 Å². The molecule has 0 aromatic carbocycles. The molecule has 1 aromatic rings. The highest BCUT2D eigenvalue weighted by Gasteiger charge is 2.39. The maximum absolute atomic E-state index is 12.6. The van der Waals surface area contributed by atoms with E-state index < -0.39 is 15.6 Å². The summed E-state index contributed by atoms with van der Waals surface area (Å²) in [6.07, 6.45) is 0. The van der Waals surface area contributed by atoms with Crippen molar-refractivity contribution in [1.29, 1.82) is 0 Å². The summed E-state index contributed by atoms with van der Waals surface area (Å²) in [6.45, 7) is 5.62. The topological polar surface area (TPSA) is 49.4 Å². The van der Waals surface area contributed by atoms with Crippen molar-refractivity contribution in [2.45, 2.75) is 23.6 Å². The van der Waals surface area contributed by atoms with E-state index in [2.05, 4.69) is 21.2 Å². The average molecular weight is 374 g/mol. The molecule has 8 heteroatoms. The van der Waals surface area contributed by atoms with Gasteiger partial charge in [0.05, 0.1) is 8.81 Å². The Hall–Kier alpha value is 0.340. The third kappa shape index (κ3) is 2.62. The molecular weight excluding hydrogens is 360 g/mol. The summed E-state index contributed by atoms with van der Waals surface area (Å²) < 4.78 is 27.7. The predicted octanol–water partition coefficient (Wildman–Crippen LogP) is 2.54. The van der Waals surface area contributed by atoms with E-state index in [0.29, 0.717) is 28.4 Å². The number of thiophene rings is 1. The molecule has 4 nitrogen and oxygen atoms in total. The van der Waals surface area contributed by atoms with E-state index in [0.717, 1.165) is 11.3 Å². The van der Waals surface area contributed by atoms with Crippen molar-refractivity contribution < 1.29 is 8.42 Å². The van der Waals surface area contributed by atoms with Gasteiger partial charge in [-0.3, -0.25) is 0 Å². The zero-order valence-electron chi connectivity index (χ0n) is 10.0. The fraction of sp³-hybridized carbons (Fsp3) is 0.600. The Morgan fingerprint density at radius 1 is 1.56 bits per heavy atom. The van der Waals surface area contributed by atoms with Crippen LogP contribution in [0.5, 0.6) is 0 Å². The van der Waals surface area contributed by atoms with Crippen LogP contribution in [0.25, 0.3) is 0 Å². The quantitative estimate of drug-likeness (QED) is 0.866. The summed E-state index contributed by atoms with van der Waals surface area (Å²) in [7, 11) is -3.47. The Morgan fingerprint density at radius 3 is 2.72 bits per heavy atom. The van der Waals surface area contributed by atoms with E-state index >= 15 is 0 Å². The molecule has 0 aliphatic carbocycles. The second kappa shape index (κ2) is 5.03. The summed E-state index contributed by atoms with van der Waals surface area (Å²) >= 11 is 10.3. The molecule has 0 spiro atoms. The first-order valence-electron chi connectivity index (χ1n) is 5.43. The highest BCUT2D eigenvalue weighted by Crippen LogP contribution is 2.37. The van der Waals surface area contributed by atoms with Gasteiger partial charge in [0.25, 0.3) is 10.0 Å². The fourth-order valence-electron chi connectivity index (χ4n) is 1.97. The lowest BCUT2D eigenvalue weighted by Gasteiger charge is -2.41. The van der Waals surface area contributed by atoms with Crippen LogP contribution in [0.4, 0.5) is 0 Å². The monoisotopic (exact) mass is 372 g/mol. The summed E-state index contributed by atoms with van der Waals surface area (Å²) in [5.41, 5.74) is -0.431. The SMILES string of the molecule is CC1(C)CNCCN1S(=O)(=O)c1cc(Cl)c(Br)s1. The van der Waals surface area contributed by atoms with Gasteiger partial charge in [-0.05, 0) is 35.8 Å². The number of hydrogen-bond donors (Lipinski definition) is 1. The summed E-state index contributed by atoms with van der Waals surface area (Å²) in [5.74, 6) is 0. The van der Waals surface area contributed by atoms with E-state index in [4.69, 9.17) is 11.6 Å². The van der Waals surface area contributed by atoms with E-state index in [1.807, 2.05) is 13.8 Å². The average Bonchev–Trinajstić information content (AvgIpc) is 2.59. The first-order valence-corrected chi connectivity index (χ1v) is 8.86. The third-order valence-electron chi connectivity index (χ3n) is 2.89. The number of rotatable bonds is 2. The van der Waals surface area contributed by atoms with Crippen molar-refractivity contribution in [3.8, 4) is 0 Å². The van der Waals surface area contributed by atoms with Crippen molar-refractivity contribution in [2.24, 2.45) is 0 Å². The van der Waals surface area contributed by atoms with Crippen LogP contribution in [0.3, 0.4) is 0 Å². The van der Waals surface area contributed by atoms with E-state index in [1.54, 1.807) is 4.31 Å². The molecule has 0 radical (unpaired) electrons. The number of nitrogens with zero attached hydrogens (tertiary/aromatic N) is 1. The lowest BCUT2D eigenvalue weighted by molar-refractivity contribution is 0.186. The lowest BCUT2D eigenvalue weighted by Crippen LogP contribution is -2.59. The predicted molar refractivity (Wildman–Crippen MR) is 77.9 cm³/mol. The lowest BCUT2D eigenvalue weighted by atomic mass is 10.0. The smallest absolute Gasteiger partial charge is 0.253 e. The number of sulfonamides is 1. The normalized spacial score (nSPS) is 21.1. The van der Waals surface area contributed by atoms with Crippen LogP contribution in [0.15, 0.2) is 14.1 Å². The molecule has 1 N–H and O–H groups in total. The minimum absolute atomic E-state index is 0.286. The van der Waals surface area contributed by atoms with Crippen LogP contribution in [0.2, 0.25) is 5.02 Å². The Balaban J connectivity index is 2.42. The molecule has 1 aliphatic rings. The molecule has 1 saturated heterocycles. The molecule has 1 aromatic heterocycles. The minimum atomic E-state index is -3.47. The Morgan fingerprint density at radius 2 is 2.22 bits per heavy atom. The Labute approximate surface area is 124 Å². The fourth-order valence-corrected chi connectivity index (χ4v) is 6.27. The van der Waals surface area contributed by atoms with Crippen molar-refractivity contribution in [2.75, 3.05) is 19.6 Å². The van der Waals surface area contributed by atoms with Crippen LogP contribution in [0, 0.1) is 0 Å². The highest BCUT2D eigenvalue weighted by atomic mass is 79.9. The van der Waals surface area contributed by atoms with Gasteiger partial charge in [-0.2, -0.15) is 4.31 Å². The highest BCUT2D eigenvalue weighted by molar-refractivity contribution is 9.11. The van der Waals surface area contributed by atoms with Crippen molar-refractivity contribution in [3.05, 3.63) is 14.9 Å². The Bertz CT molecular complexity index is 537. The second-order valence-corrected chi connectivity index (χ2v) is 9.62. The molecule has 0 bridgehead atoms. The molecule has 0 atom stereocenters. The number of halogens is 2. The van der Waals surface area contributed by atoms with Crippen molar-refractivity contribution in [3.63, 3.8) is 0 Å². The van der Waals surface area contributed by atoms with Gasteiger partial charge in [0.15, 0.2) is 0 Å². The molecule has 1 aliphatic heterocycles. The number of hydrogen-bond acceptors (Lipinski definition) is 4. The van der Waals surface area contributed by atoms with Gasteiger partial charge in [0, 0.05) is 25.2 Å². The second-order valence-electron chi connectivity index (χ2n) is 4.75. The first-order chi connectivity index (χ1) is 8.25. The molecule has 2 heterocycles. The molecule has 0 amide bonds. The largest absolute Gasteiger partial charge is 0.314 e. The van der Waals surface area contributed by atoms with Gasteiger partial charge in [-0.15, -0.1) is 11.3 Å². The molecule has 2 rings (SSSR count). The van der Waals surface area contributed by atoms with Crippen molar-refractivity contribution in [1.82, 2.24) is 9.62 Å². The van der Waals surface area contributed by atoms with Gasteiger partial charge in [0.1, 0.15) is 4.21 Å². The summed E-state index contributed by atoms with van der Waals surface area (Å²) in [4.78, 5) is 0. The van der Waals surface area contributed by atoms with Gasteiger partial charge in [-0.1, -0.05) is 11.6 Å². The van der Waals surface area contributed by atoms with Crippen LogP contribution >= 0.6 is 38.9 Å². The molecule has 0 unspecified atom stereocenters. The molecular formula is C10H14BrClN2O2S2. The van der Waals surface area contributed by atoms with Crippen LogP contribution in [0.1, 0.15) is 13.8 Å². The first kappa shape index (κ1) is 14.7. The molecule has 1 fully saturated rings. The molecule has 0 saturated carbocycles. The zero-order chi connectivity index (χ0) is 13.6. The minimum Gasteiger partial charge on any atom is -0.314 e. The third-order valence-corrected chi connectivity index (χ3v) is 7.93. The maximum Gasteiger partial charge on any atom is 0.253 e. The maximum atomic E-state index is 12.6. The zero-order valence-corrected chi connectivity index (χ0v) is 14.0.